The summed E-state index contributed by atoms with van der Waals surface area (Å²) in [6.45, 7) is 10.7. The Kier molecular flexibility index (Phi) is 10.1. The summed E-state index contributed by atoms with van der Waals surface area (Å²) in [7, 11) is 3.60. The van der Waals surface area contributed by atoms with Gasteiger partial charge in [-0.1, -0.05) is 12.1 Å². The van der Waals surface area contributed by atoms with Gasteiger partial charge in [0.05, 0.1) is 6.10 Å². The summed E-state index contributed by atoms with van der Waals surface area (Å²) in [5, 5.41) is 3.54. The quantitative estimate of drug-likeness (QED) is 0.378. The maximum Gasteiger partial charge on any atom is 0.193 e. The highest BCUT2D eigenvalue weighted by molar-refractivity contribution is 5.80. The monoisotopic (exact) mass is 390 g/mol. The number of ether oxygens (including phenoxy) is 2. The second-order valence-corrected chi connectivity index (χ2v) is 7.30. The van der Waals surface area contributed by atoms with E-state index in [1.807, 2.05) is 7.05 Å². The maximum absolute atomic E-state index is 5.96. The average molecular weight is 391 g/mol. The molecule has 0 amide bonds. The van der Waals surface area contributed by atoms with Crippen LogP contribution in [0.3, 0.4) is 0 Å². The van der Waals surface area contributed by atoms with E-state index >= 15 is 0 Å². The van der Waals surface area contributed by atoms with Gasteiger partial charge >= 0.3 is 0 Å². The number of aryl methyl sites for hydroxylation is 1. The topological polar surface area (TPSA) is 49.3 Å². The van der Waals surface area contributed by atoms with Crippen molar-refractivity contribution in [2.45, 2.75) is 39.2 Å². The fourth-order valence-electron chi connectivity index (χ4n) is 3.62. The summed E-state index contributed by atoms with van der Waals surface area (Å²) in [6, 6.07) is 8.70. The van der Waals surface area contributed by atoms with Crippen LogP contribution in [0.2, 0.25) is 0 Å². The SMILES string of the molecule is CCN(CCNC(=NC)N1CCC(OCCCOC)CC1)c1cccc(C)c1. The number of nitrogens with zero attached hydrogens (tertiary/aromatic N) is 3. The predicted octanol–water partition coefficient (Wildman–Crippen LogP) is 2.91. The molecule has 6 nitrogen and oxygen atoms in total. The van der Waals surface area contributed by atoms with Crippen molar-refractivity contribution in [3.8, 4) is 0 Å². The van der Waals surface area contributed by atoms with Crippen molar-refractivity contribution in [3.05, 3.63) is 29.8 Å². The Morgan fingerprint density at radius 1 is 1.29 bits per heavy atom. The lowest BCUT2D eigenvalue weighted by molar-refractivity contribution is 0.00992. The van der Waals surface area contributed by atoms with Gasteiger partial charge in [-0.25, -0.2) is 0 Å². The lowest BCUT2D eigenvalue weighted by Gasteiger charge is -2.34. The third-order valence-electron chi connectivity index (χ3n) is 5.21. The fourth-order valence-corrected chi connectivity index (χ4v) is 3.62. The van der Waals surface area contributed by atoms with Gasteiger partial charge in [0.25, 0.3) is 0 Å². The molecule has 1 fully saturated rings. The minimum absolute atomic E-state index is 0.364. The molecule has 0 bridgehead atoms. The number of guanidine groups is 1. The van der Waals surface area contributed by atoms with E-state index < -0.39 is 0 Å². The molecule has 1 aromatic carbocycles. The van der Waals surface area contributed by atoms with Crippen LogP contribution in [0.1, 0.15) is 31.7 Å². The van der Waals surface area contributed by atoms with Crippen LogP contribution in [0.5, 0.6) is 0 Å². The predicted molar refractivity (Wildman–Crippen MR) is 117 cm³/mol. The van der Waals surface area contributed by atoms with E-state index in [-0.39, 0.29) is 0 Å². The summed E-state index contributed by atoms with van der Waals surface area (Å²) in [5.41, 5.74) is 2.58. The number of piperidine rings is 1. The van der Waals surface area contributed by atoms with Crippen LogP contribution in [0.4, 0.5) is 5.69 Å². The number of nitrogens with one attached hydrogen (secondary N) is 1. The molecule has 0 atom stereocenters. The van der Waals surface area contributed by atoms with Gasteiger partial charge in [0.15, 0.2) is 5.96 Å². The zero-order chi connectivity index (χ0) is 20.2. The van der Waals surface area contributed by atoms with Gasteiger partial charge in [-0.3, -0.25) is 4.99 Å². The molecule has 0 spiro atoms. The van der Waals surface area contributed by atoms with Gasteiger partial charge in [0.1, 0.15) is 0 Å². The highest BCUT2D eigenvalue weighted by Gasteiger charge is 2.21. The average Bonchev–Trinajstić information content (AvgIpc) is 2.72. The van der Waals surface area contributed by atoms with Gasteiger partial charge in [0, 0.05) is 65.8 Å². The minimum atomic E-state index is 0.364. The van der Waals surface area contributed by atoms with Gasteiger partial charge in [-0.2, -0.15) is 0 Å². The molecule has 6 heteroatoms. The van der Waals surface area contributed by atoms with Crippen LogP contribution in [0, 0.1) is 6.92 Å². The Bertz CT molecular complexity index is 586. The van der Waals surface area contributed by atoms with E-state index in [0.717, 1.165) is 71.2 Å². The number of rotatable bonds is 10. The lowest BCUT2D eigenvalue weighted by atomic mass is 10.1. The fraction of sp³-hybridized carbons (Fsp3) is 0.682. The van der Waals surface area contributed by atoms with Gasteiger partial charge in [0.2, 0.25) is 0 Å². The Morgan fingerprint density at radius 2 is 2.07 bits per heavy atom. The molecule has 1 aliphatic heterocycles. The van der Waals surface area contributed by atoms with Crippen molar-refractivity contribution in [2.24, 2.45) is 4.99 Å². The summed E-state index contributed by atoms with van der Waals surface area (Å²) in [4.78, 5) is 9.23. The van der Waals surface area contributed by atoms with Crippen LogP contribution in [0.25, 0.3) is 0 Å². The molecule has 0 aliphatic carbocycles. The Hall–Kier alpha value is -1.79. The zero-order valence-electron chi connectivity index (χ0n) is 18.1. The Labute approximate surface area is 170 Å². The molecule has 0 saturated carbocycles. The van der Waals surface area contributed by atoms with E-state index in [1.54, 1.807) is 7.11 Å². The van der Waals surface area contributed by atoms with Gasteiger partial charge < -0.3 is 24.6 Å². The van der Waals surface area contributed by atoms with Crippen LogP contribution in [-0.2, 0) is 9.47 Å². The molecular weight excluding hydrogens is 352 g/mol. The molecule has 1 N–H and O–H groups in total. The first-order valence-corrected chi connectivity index (χ1v) is 10.6. The molecule has 1 saturated heterocycles. The number of methoxy groups -OCH3 is 1. The van der Waals surface area contributed by atoms with Crippen molar-refractivity contribution < 1.29 is 9.47 Å². The molecule has 1 aromatic rings. The van der Waals surface area contributed by atoms with Crippen molar-refractivity contribution >= 4 is 11.6 Å². The number of likely N-dealkylation sites (tertiary alicyclic amines) is 1. The van der Waals surface area contributed by atoms with Gasteiger partial charge in [-0.15, -0.1) is 0 Å². The largest absolute Gasteiger partial charge is 0.385 e. The number of hydrogen-bond donors (Lipinski definition) is 1. The summed E-state index contributed by atoms with van der Waals surface area (Å²) < 4.78 is 11.0. The second-order valence-electron chi connectivity index (χ2n) is 7.30. The standard InChI is InChI=1S/C22H38N4O2/c1-5-25(20-9-6-8-19(2)18-20)15-12-24-22(23-3)26-13-10-21(11-14-26)28-17-7-16-27-4/h6,8-9,18,21H,5,7,10-17H2,1-4H3,(H,23,24). The molecule has 1 aliphatic rings. The number of hydrogen-bond acceptors (Lipinski definition) is 4. The van der Waals surface area contributed by atoms with Crippen molar-refractivity contribution in [1.29, 1.82) is 0 Å². The number of aliphatic imine (C=N–C) groups is 1. The highest BCUT2D eigenvalue weighted by Crippen LogP contribution is 2.16. The first kappa shape index (κ1) is 22.5. The van der Waals surface area contributed by atoms with Crippen LogP contribution in [-0.4, -0.2) is 77.1 Å². The lowest BCUT2D eigenvalue weighted by Crippen LogP contribution is -2.48. The third kappa shape index (κ3) is 7.32. The number of likely N-dealkylation sites (N-methyl/N-ethyl adjacent to an activating group) is 1. The van der Waals surface area contributed by atoms with Crippen LogP contribution in [0.15, 0.2) is 29.3 Å². The van der Waals surface area contributed by atoms with E-state index in [9.17, 15) is 0 Å². The zero-order valence-corrected chi connectivity index (χ0v) is 18.1. The van der Waals surface area contributed by atoms with E-state index in [4.69, 9.17) is 9.47 Å². The minimum Gasteiger partial charge on any atom is -0.385 e. The maximum atomic E-state index is 5.96. The van der Waals surface area contributed by atoms with Crippen molar-refractivity contribution in [3.63, 3.8) is 0 Å². The summed E-state index contributed by atoms with van der Waals surface area (Å²) in [5.74, 6) is 0.998. The summed E-state index contributed by atoms with van der Waals surface area (Å²) >= 11 is 0. The van der Waals surface area contributed by atoms with Crippen molar-refractivity contribution in [1.82, 2.24) is 10.2 Å². The third-order valence-corrected chi connectivity index (χ3v) is 5.21. The molecule has 0 unspecified atom stereocenters. The second kappa shape index (κ2) is 12.6. The molecule has 0 aromatic heterocycles. The normalized spacial score (nSPS) is 15.7. The van der Waals surface area contributed by atoms with Crippen LogP contribution < -0.4 is 10.2 Å². The molecule has 1 heterocycles. The smallest absolute Gasteiger partial charge is 0.193 e. The summed E-state index contributed by atoms with van der Waals surface area (Å²) in [6.07, 6.45) is 3.44. The first-order valence-electron chi connectivity index (χ1n) is 10.6. The van der Waals surface area contributed by atoms with E-state index in [0.29, 0.717) is 6.10 Å². The number of anilines is 1. The van der Waals surface area contributed by atoms with Gasteiger partial charge in [-0.05, 0) is 50.8 Å². The Balaban J connectivity index is 1.72. The molecule has 2 rings (SSSR count). The highest BCUT2D eigenvalue weighted by atomic mass is 16.5. The number of benzene rings is 1. The van der Waals surface area contributed by atoms with E-state index in [1.165, 1.54) is 11.3 Å². The first-order chi connectivity index (χ1) is 13.7. The molecule has 158 valence electrons. The van der Waals surface area contributed by atoms with Crippen molar-refractivity contribution in [2.75, 3.05) is 65.0 Å². The Morgan fingerprint density at radius 3 is 2.71 bits per heavy atom. The molecular formula is C22H38N4O2. The van der Waals surface area contributed by atoms with E-state index in [2.05, 4.69) is 58.2 Å². The molecule has 0 radical (unpaired) electrons. The van der Waals surface area contributed by atoms with Crippen LogP contribution >= 0.6 is 0 Å². The molecule has 28 heavy (non-hydrogen) atoms.